The molecule has 8 rings (SSSR count). The van der Waals surface area contributed by atoms with Crippen molar-refractivity contribution in [1.29, 1.82) is 0 Å². The summed E-state index contributed by atoms with van der Waals surface area (Å²) < 4.78 is 2.21. The molecule has 0 saturated heterocycles. The van der Waals surface area contributed by atoms with Crippen LogP contribution < -0.4 is 0 Å². The van der Waals surface area contributed by atoms with Gasteiger partial charge in [-0.2, -0.15) is 0 Å². The van der Waals surface area contributed by atoms with E-state index >= 15 is 0 Å². The molecule has 36 heavy (non-hydrogen) atoms. The first kappa shape index (κ1) is 19.8. The molecule has 1 aliphatic rings. The molecule has 0 spiro atoms. The molecule has 0 unspecified atom stereocenters. The van der Waals surface area contributed by atoms with Crippen molar-refractivity contribution in [1.82, 2.24) is 14.5 Å². The van der Waals surface area contributed by atoms with Gasteiger partial charge in [-0.25, -0.2) is 9.97 Å². The molecule has 3 heteroatoms. The summed E-state index contributed by atoms with van der Waals surface area (Å²) in [5.74, 6) is 0.701. The predicted octanol–water partition coefficient (Wildman–Crippen LogP) is 8.19. The van der Waals surface area contributed by atoms with Gasteiger partial charge in [0.25, 0.3) is 0 Å². The van der Waals surface area contributed by atoms with E-state index in [4.69, 9.17) is 9.97 Å². The molecule has 0 bridgehead atoms. The Hall–Kier alpha value is -4.50. The number of fused-ring (bicyclic) bond motifs is 9. The van der Waals surface area contributed by atoms with Crippen LogP contribution in [0.15, 0.2) is 103 Å². The van der Waals surface area contributed by atoms with Crippen molar-refractivity contribution in [3.05, 3.63) is 114 Å². The number of benzene rings is 5. The first-order valence-corrected chi connectivity index (χ1v) is 12.4. The van der Waals surface area contributed by atoms with Gasteiger partial charge in [-0.05, 0) is 63.4 Å². The van der Waals surface area contributed by atoms with E-state index in [0.717, 1.165) is 21.9 Å². The maximum atomic E-state index is 4.96. The average molecular weight is 462 g/mol. The lowest BCUT2D eigenvalue weighted by atomic mass is 9.82. The lowest BCUT2D eigenvalue weighted by Gasteiger charge is -2.21. The maximum Gasteiger partial charge on any atom is 0.235 e. The number of hydrogen-bond donors (Lipinski definition) is 0. The molecule has 2 heterocycles. The lowest BCUT2D eigenvalue weighted by Crippen LogP contribution is -2.14. The van der Waals surface area contributed by atoms with Crippen LogP contribution in [0.2, 0.25) is 0 Å². The van der Waals surface area contributed by atoms with Crippen LogP contribution in [0.5, 0.6) is 0 Å². The fraction of sp³-hybridized carbons (Fsp3) is 0.0909. The summed E-state index contributed by atoms with van der Waals surface area (Å²) in [6.07, 6.45) is 1.92. The smallest absolute Gasteiger partial charge is 0.235 e. The highest BCUT2D eigenvalue weighted by Crippen LogP contribution is 2.50. The van der Waals surface area contributed by atoms with E-state index in [2.05, 4.69) is 97.3 Å². The molecule has 2 aromatic heterocycles. The molecule has 5 aromatic carbocycles. The first-order chi connectivity index (χ1) is 17.6. The summed E-state index contributed by atoms with van der Waals surface area (Å²) in [6.45, 7) is 4.68. The van der Waals surface area contributed by atoms with Crippen LogP contribution in [0.1, 0.15) is 25.0 Å². The van der Waals surface area contributed by atoms with Crippen LogP contribution in [0.4, 0.5) is 0 Å². The molecule has 3 nitrogen and oxygen atoms in total. The zero-order valence-electron chi connectivity index (χ0n) is 20.2. The van der Waals surface area contributed by atoms with Crippen LogP contribution in [-0.4, -0.2) is 14.5 Å². The maximum absolute atomic E-state index is 4.96. The van der Waals surface area contributed by atoms with E-state index in [1.54, 1.807) is 0 Å². The first-order valence-electron chi connectivity index (χ1n) is 12.4. The predicted molar refractivity (Wildman–Crippen MR) is 149 cm³/mol. The molecular formula is C33H23N3. The third-order valence-corrected chi connectivity index (χ3v) is 8.03. The molecule has 0 N–H and O–H groups in total. The Morgan fingerprint density at radius 3 is 2.39 bits per heavy atom. The second-order valence-corrected chi connectivity index (χ2v) is 10.3. The Labute approximate surface area is 208 Å². The minimum absolute atomic E-state index is 0.0119. The highest BCUT2D eigenvalue weighted by atomic mass is 15.2. The summed E-state index contributed by atoms with van der Waals surface area (Å²) in [5, 5.41) is 6.06. The summed E-state index contributed by atoms with van der Waals surface area (Å²) in [5.41, 5.74) is 8.68. The summed E-state index contributed by atoms with van der Waals surface area (Å²) in [4.78, 5) is 9.74. The zero-order valence-corrected chi connectivity index (χ0v) is 20.2. The van der Waals surface area contributed by atoms with Crippen LogP contribution >= 0.6 is 0 Å². The minimum atomic E-state index is -0.0119. The molecule has 0 amide bonds. The molecule has 0 fully saturated rings. The van der Waals surface area contributed by atoms with Crippen LogP contribution in [0.3, 0.4) is 0 Å². The van der Waals surface area contributed by atoms with Gasteiger partial charge in [-0.3, -0.25) is 4.57 Å². The lowest BCUT2D eigenvalue weighted by molar-refractivity contribution is 0.661. The van der Waals surface area contributed by atoms with E-state index in [9.17, 15) is 0 Å². The number of nitrogens with zero attached hydrogens (tertiary/aromatic N) is 3. The second-order valence-electron chi connectivity index (χ2n) is 10.3. The number of hydrogen-bond acceptors (Lipinski definition) is 2. The molecule has 0 atom stereocenters. The summed E-state index contributed by atoms with van der Waals surface area (Å²) in [7, 11) is 0. The van der Waals surface area contributed by atoms with Crippen molar-refractivity contribution in [2.24, 2.45) is 0 Å². The normalized spacial score (nSPS) is 14.1. The van der Waals surface area contributed by atoms with Gasteiger partial charge >= 0.3 is 0 Å². The average Bonchev–Trinajstić information content (AvgIpc) is 3.37. The van der Waals surface area contributed by atoms with Gasteiger partial charge in [0.15, 0.2) is 0 Å². The van der Waals surface area contributed by atoms with Crippen molar-refractivity contribution in [3.63, 3.8) is 0 Å². The van der Waals surface area contributed by atoms with Gasteiger partial charge in [-0.1, -0.05) is 80.6 Å². The SMILES string of the molecule is CC1(C)c2ccccc2-c2cc3c(ccc4c3c3ccccc3n4-c3ncc4ccccc4n3)cc21. The molecule has 0 aliphatic heterocycles. The van der Waals surface area contributed by atoms with E-state index in [1.165, 1.54) is 43.8 Å². The van der Waals surface area contributed by atoms with Gasteiger partial charge in [0.2, 0.25) is 5.95 Å². The van der Waals surface area contributed by atoms with E-state index in [-0.39, 0.29) is 5.41 Å². The van der Waals surface area contributed by atoms with E-state index < -0.39 is 0 Å². The third-order valence-electron chi connectivity index (χ3n) is 8.03. The fourth-order valence-corrected chi connectivity index (χ4v) is 6.27. The highest BCUT2D eigenvalue weighted by molar-refractivity contribution is 6.22. The molecule has 0 radical (unpaired) electrons. The quantitative estimate of drug-likeness (QED) is 0.247. The number of aromatic nitrogens is 3. The summed E-state index contributed by atoms with van der Waals surface area (Å²) >= 11 is 0. The van der Waals surface area contributed by atoms with Gasteiger partial charge < -0.3 is 0 Å². The van der Waals surface area contributed by atoms with Crippen molar-refractivity contribution in [3.8, 4) is 17.1 Å². The van der Waals surface area contributed by atoms with Crippen LogP contribution in [0.25, 0.3) is 60.6 Å². The van der Waals surface area contributed by atoms with Crippen molar-refractivity contribution in [2.75, 3.05) is 0 Å². The Bertz CT molecular complexity index is 2030. The minimum Gasteiger partial charge on any atom is -0.278 e. The molecule has 7 aromatic rings. The molecule has 170 valence electrons. The molecular weight excluding hydrogens is 438 g/mol. The monoisotopic (exact) mass is 461 g/mol. The number of para-hydroxylation sites is 2. The van der Waals surface area contributed by atoms with E-state index in [0.29, 0.717) is 5.95 Å². The van der Waals surface area contributed by atoms with Crippen LogP contribution in [-0.2, 0) is 5.41 Å². The topological polar surface area (TPSA) is 30.7 Å². The highest BCUT2D eigenvalue weighted by Gasteiger charge is 2.35. The second kappa shape index (κ2) is 6.79. The largest absolute Gasteiger partial charge is 0.278 e. The van der Waals surface area contributed by atoms with E-state index in [1.807, 2.05) is 24.4 Å². The van der Waals surface area contributed by atoms with Crippen molar-refractivity contribution >= 4 is 43.5 Å². The summed E-state index contributed by atoms with van der Waals surface area (Å²) in [6, 6.07) is 34.9. The third kappa shape index (κ3) is 2.47. The van der Waals surface area contributed by atoms with Crippen molar-refractivity contribution in [2.45, 2.75) is 19.3 Å². The zero-order chi connectivity index (χ0) is 24.0. The van der Waals surface area contributed by atoms with Gasteiger partial charge in [0, 0.05) is 27.8 Å². The van der Waals surface area contributed by atoms with Gasteiger partial charge in [-0.15, -0.1) is 0 Å². The van der Waals surface area contributed by atoms with Crippen LogP contribution in [0, 0.1) is 0 Å². The molecule has 1 aliphatic carbocycles. The Balaban J connectivity index is 1.50. The Morgan fingerprint density at radius 2 is 1.44 bits per heavy atom. The van der Waals surface area contributed by atoms with Crippen molar-refractivity contribution < 1.29 is 0 Å². The van der Waals surface area contributed by atoms with Gasteiger partial charge in [0.1, 0.15) is 0 Å². The standard InChI is InChI=1S/C33H23N3/c1-33(2)26-12-6-4-10-22(26)25-18-24-20(17-27(25)33)15-16-30-31(24)23-11-5-8-14-29(23)36(30)32-34-19-21-9-3-7-13-28(21)35-32/h3-19H,1-2H3. The Morgan fingerprint density at radius 1 is 0.639 bits per heavy atom. The number of rotatable bonds is 1. The molecule has 0 saturated carbocycles. The fourth-order valence-electron chi connectivity index (χ4n) is 6.27. The Kier molecular flexibility index (Phi) is 3.73. The van der Waals surface area contributed by atoms with Gasteiger partial charge in [0.05, 0.1) is 16.6 Å².